The van der Waals surface area contributed by atoms with Gasteiger partial charge < -0.3 is 10.2 Å². The number of nitrogens with zero attached hydrogens (tertiary/aromatic N) is 2. The monoisotopic (exact) mass is 711 g/mol. The normalized spacial score (nSPS) is 14.0. The van der Waals surface area contributed by atoms with Crippen LogP contribution in [0.3, 0.4) is 0 Å². The Labute approximate surface area is 291 Å². The van der Waals surface area contributed by atoms with Crippen molar-refractivity contribution >= 4 is 62.3 Å². The minimum Gasteiger partial charge on any atom is -0.352 e. The van der Waals surface area contributed by atoms with Crippen LogP contribution in [0.1, 0.15) is 42.4 Å². The van der Waals surface area contributed by atoms with Crippen LogP contribution < -0.4 is 9.62 Å². The quantitative estimate of drug-likeness (QED) is 0.162. The molecule has 0 radical (unpaired) electrons. The lowest BCUT2D eigenvalue weighted by Gasteiger charge is -2.34. The van der Waals surface area contributed by atoms with Crippen LogP contribution in [0.15, 0.2) is 102 Å². The van der Waals surface area contributed by atoms with Crippen LogP contribution in [-0.2, 0) is 32.6 Å². The smallest absolute Gasteiger partial charge is 0.264 e. The van der Waals surface area contributed by atoms with E-state index in [-0.39, 0.29) is 45.5 Å². The van der Waals surface area contributed by atoms with Crippen molar-refractivity contribution in [1.82, 2.24) is 10.2 Å². The van der Waals surface area contributed by atoms with Crippen molar-refractivity contribution in [3.8, 4) is 0 Å². The molecule has 1 aliphatic carbocycles. The fraction of sp³-hybridized carbons (Fsp3) is 0.278. The topological polar surface area (TPSA) is 86.8 Å². The fourth-order valence-electron chi connectivity index (χ4n) is 5.80. The first kappa shape index (κ1) is 34.8. The zero-order valence-electron chi connectivity index (χ0n) is 25.9. The second-order valence-corrected chi connectivity index (χ2v) is 15.0. The Kier molecular flexibility index (Phi) is 11.5. The van der Waals surface area contributed by atoms with E-state index >= 15 is 0 Å². The summed E-state index contributed by atoms with van der Waals surface area (Å²) < 4.78 is 29.4. The van der Waals surface area contributed by atoms with Crippen molar-refractivity contribution in [2.24, 2.45) is 0 Å². The number of sulfonamides is 1. The highest BCUT2D eigenvalue weighted by atomic mass is 35.5. The number of hydrogen-bond acceptors (Lipinski definition) is 4. The Morgan fingerprint density at radius 1 is 0.809 bits per heavy atom. The maximum absolute atomic E-state index is 14.6. The van der Waals surface area contributed by atoms with Crippen molar-refractivity contribution in [3.63, 3.8) is 0 Å². The first-order chi connectivity index (χ1) is 22.5. The number of amides is 2. The van der Waals surface area contributed by atoms with E-state index < -0.39 is 28.5 Å². The van der Waals surface area contributed by atoms with Gasteiger partial charge in [-0.1, -0.05) is 108 Å². The molecule has 0 spiro atoms. The van der Waals surface area contributed by atoms with Gasteiger partial charge in [-0.15, -0.1) is 0 Å². The molecular weight excluding hydrogens is 677 g/mol. The summed E-state index contributed by atoms with van der Waals surface area (Å²) in [4.78, 5) is 30.2. The summed E-state index contributed by atoms with van der Waals surface area (Å²) in [5.74, 6) is -0.880. The minimum atomic E-state index is -4.29. The van der Waals surface area contributed by atoms with E-state index in [1.807, 2.05) is 43.3 Å². The first-order valence-electron chi connectivity index (χ1n) is 15.4. The van der Waals surface area contributed by atoms with E-state index in [2.05, 4.69) is 5.32 Å². The molecule has 4 aromatic rings. The Morgan fingerprint density at radius 3 is 2.09 bits per heavy atom. The highest BCUT2D eigenvalue weighted by molar-refractivity contribution is 7.92. The summed E-state index contributed by atoms with van der Waals surface area (Å²) in [7, 11) is -4.29. The maximum Gasteiger partial charge on any atom is 0.264 e. The fourth-order valence-corrected chi connectivity index (χ4v) is 7.93. The van der Waals surface area contributed by atoms with Gasteiger partial charge in [-0.3, -0.25) is 13.9 Å². The van der Waals surface area contributed by atoms with Gasteiger partial charge in [-0.2, -0.15) is 0 Å². The largest absolute Gasteiger partial charge is 0.352 e. The number of halogens is 3. The Balaban J connectivity index is 1.58. The lowest BCUT2D eigenvalue weighted by Crippen LogP contribution is -2.54. The molecule has 11 heteroatoms. The Morgan fingerprint density at radius 2 is 1.45 bits per heavy atom. The molecule has 0 unspecified atom stereocenters. The highest BCUT2D eigenvalue weighted by Gasteiger charge is 2.35. The summed E-state index contributed by atoms with van der Waals surface area (Å²) in [5.41, 5.74) is 2.54. The van der Waals surface area contributed by atoms with Crippen molar-refractivity contribution in [2.75, 3.05) is 10.8 Å². The van der Waals surface area contributed by atoms with Gasteiger partial charge in [0.25, 0.3) is 10.0 Å². The van der Waals surface area contributed by atoms with Gasteiger partial charge in [0.15, 0.2) is 0 Å². The van der Waals surface area contributed by atoms with Crippen LogP contribution >= 0.6 is 34.8 Å². The van der Waals surface area contributed by atoms with Gasteiger partial charge in [0.2, 0.25) is 11.8 Å². The van der Waals surface area contributed by atoms with E-state index in [1.54, 1.807) is 30.3 Å². The van der Waals surface area contributed by atoms with E-state index in [0.29, 0.717) is 10.6 Å². The second-order valence-electron chi connectivity index (χ2n) is 11.8. The molecular formula is C36H36Cl3N3O4S. The number of benzene rings is 4. The van der Waals surface area contributed by atoms with Gasteiger partial charge in [-0.25, -0.2) is 8.42 Å². The van der Waals surface area contributed by atoms with Crippen LogP contribution in [0.25, 0.3) is 0 Å². The van der Waals surface area contributed by atoms with Gasteiger partial charge in [-0.05, 0) is 73.4 Å². The van der Waals surface area contributed by atoms with E-state index in [1.165, 1.54) is 35.2 Å². The van der Waals surface area contributed by atoms with E-state index in [4.69, 9.17) is 34.8 Å². The van der Waals surface area contributed by atoms with E-state index in [9.17, 15) is 18.0 Å². The molecule has 7 nitrogen and oxygen atoms in total. The molecule has 1 atom stereocenters. The summed E-state index contributed by atoms with van der Waals surface area (Å²) in [5, 5.41) is 4.05. The standard InChI is InChI=1S/C36H36Cl3N3O4S/c1-25-14-16-33(17-15-25)47(45,46)42(32-21-29(38)20-30(39)22-32)24-35(43)41(23-27-10-7-11-28(37)18-27)34(19-26-8-3-2-4-9-26)36(44)40-31-12-5-6-13-31/h2-4,7-11,14-18,20-22,31,34H,5-6,12-13,19,23-24H2,1H3,(H,40,44)/t34-/m1/s1. The van der Waals surface area contributed by atoms with Crippen LogP contribution in [0, 0.1) is 6.92 Å². The molecule has 0 saturated heterocycles. The predicted octanol–water partition coefficient (Wildman–Crippen LogP) is 7.85. The van der Waals surface area contributed by atoms with Crippen molar-refractivity contribution < 1.29 is 18.0 Å². The molecule has 246 valence electrons. The molecule has 1 fully saturated rings. The molecule has 5 rings (SSSR count). The molecule has 0 aliphatic heterocycles. The lowest BCUT2D eigenvalue weighted by atomic mass is 10.0. The number of anilines is 1. The van der Waals surface area contributed by atoms with Crippen LogP contribution in [0.4, 0.5) is 5.69 Å². The van der Waals surface area contributed by atoms with Crippen molar-refractivity contribution in [1.29, 1.82) is 0 Å². The molecule has 2 amide bonds. The molecule has 0 aromatic heterocycles. The van der Waals surface area contributed by atoms with E-state index in [0.717, 1.165) is 41.1 Å². The second kappa shape index (κ2) is 15.6. The summed E-state index contributed by atoms with van der Waals surface area (Å²) in [6, 6.07) is 26.3. The average molecular weight is 713 g/mol. The zero-order chi connectivity index (χ0) is 33.6. The van der Waals surface area contributed by atoms with Gasteiger partial charge >= 0.3 is 0 Å². The van der Waals surface area contributed by atoms with Crippen LogP contribution in [-0.4, -0.2) is 43.8 Å². The number of carbonyl (C=O) groups is 2. The van der Waals surface area contributed by atoms with Crippen LogP contribution in [0.2, 0.25) is 15.1 Å². The molecule has 1 saturated carbocycles. The van der Waals surface area contributed by atoms with Crippen molar-refractivity contribution in [2.45, 2.75) is 62.6 Å². The summed E-state index contributed by atoms with van der Waals surface area (Å²) >= 11 is 19.0. The number of rotatable bonds is 12. The molecule has 0 bridgehead atoms. The van der Waals surface area contributed by atoms with Crippen LogP contribution in [0.5, 0.6) is 0 Å². The minimum absolute atomic E-state index is 0.00630. The third-order valence-electron chi connectivity index (χ3n) is 8.24. The van der Waals surface area contributed by atoms with Gasteiger partial charge in [0.1, 0.15) is 12.6 Å². The number of carbonyl (C=O) groups excluding carboxylic acids is 2. The SMILES string of the molecule is Cc1ccc(S(=O)(=O)N(CC(=O)N(Cc2cccc(Cl)c2)[C@H](Cc2ccccc2)C(=O)NC2CCCC2)c2cc(Cl)cc(Cl)c2)cc1. The van der Waals surface area contributed by atoms with Gasteiger partial charge in [0, 0.05) is 34.1 Å². The zero-order valence-corrected chi connectivity index (χ0v) is 29.0. The number of hydrogen-bond donors (Lipinski definition) is 1. The third-order valence-corrected chi connectivity index (χ3v) is 10.7. The highest BCUT2D eigenvalue weighted by Crippen LogP contribution is 2.31. The molecule has 0 heterocycles. The lowest BCUT2D eigenvalue weighted by molar-refractivity contribution is -0.140. The molecule has 1 N–H and O–H groups in total. The molecule has 47 heavy (non-hydrogen) atoms. The first-order valence-corrected chi connectivity index (χ1v) is 18.0. The predicted molar refractivity (Wildman–Crippen MR) is 189 cm³/mol. The summed E-state index contributed by atoms with van der Waals surface area (Å²) in [6.45, 7) is 1.25. The maximum atomic E-state index is 14.6. The Bertz CT molecular complexity index is 1790. The average Bonchev–Trinajstić information content (AvgIpc) is 3.54. The number of nitrogens with one attached hydrogen (secondary N) is 1. The molecule has 4 aromatic carbocycles. The Hall–Kier alpha value is -3.56. The van der Waals surface area contributed by atoms with Gasteiger partial charge in [0.05, 0.1) is 10.6 Å². The number of aryl methyl sites for hydroxylation is 1. The molecule has 1 aliphatic rings. The van der Waals surface area contributed by atoms with Crippen molar-refractivity contribution in [3.05, 3.63) is 129 Å². The summed E-state index contributed by atoms with van der Waals surface area (Å²) in [6.07, 6.45) is 3.99. The third kappa shape index (κ3) is 9.08.